The van der Waals surface area contributed by atoms with Crippen LogP contribution in [0.2, 0.25) is 0 Å². The molecule has 1 aliphatic carbocycles. The van der Waals surface area contributed by atoms with E-state index in [2.05, 4.69) is 22.4 Å². The molecule has 4 heteroatoms. The minimum atomic E-state index is -0.848. The van der Waals surface area contributed by atoms with E-state index < -0.39 is 5.60 Å². The molecule has 4 N–H and O–H groups in total. The van der Waals surface area contributed by atoms with Crippen molar-refractivity contribution in [2.45, 2.75) is 57.2 Å². The van der Waals surface area contributed by atoms with E-state index in [1.54, 1.807) is 13.8 Å². The predicted molar refractivity (Wildman–Crippen MR) is 98.8 cm³/mol. The molecule has 24 heavy (non-hydrogen) atoms. The lowest BCUT2D eigenvalue weighted by Gasteiger charge is -2.29. The number of rotatable bonds is 4. The summed E-state index contributed by atoms with van der Waals surface area (Å²) in [7, 11) is 0. The Morgan fingerprint density at radius 1 is 1.12 bits per heavy atom. The molecule has 3 rings (SSSR count). The third-order valence-electron chi connectivity index (χ3n) is 4.81. The minimum absolute atomic E-state index is 0.197. The Balaban J connectivity index is 1.83. The number of aliphatic hydroxyl groups is 1. The summed E-state index contributed by atoms with van der Waals surface area (Å²) in [5.41, 5.74) is 8.44. The molecular formula is C20H27N3O. The van der Waals surface area contributed by atoms with E-state index >= 15 is 0 Å². The Kier molecular flexibility index (Phi) is 4.88. The number of benzene rings is 1. The number of hydrogen-bond acceptors (Lipinski definition) is 4. The van der Waals surface area contributed by atoms with Gasteiger partial charge in [-0.1, -0.05) is 31.0 Å². The van der Waals surface area contributed by atoms with Crippen LogP contribution in [0.4, 0.5) is 5.82 Å². The maximum Gasteiger partial charge on any atom is 0.126 e. The molecule has 0 aliphatic heterocycles. The first-order valence-electron chi connectivity index (χ1n) is 8.75. The lowest BCUT2D eigenvalue weighted by Crippen LogP contribution is -2.42. The molecule has 128 valence electrons. The monoisotopic (exact) mass is 325 g/mol. The fraction of sp³-hybridized carbons (Fsp3) is 0.450. The summed E-state index contributed by atoms with van der Waals surface area (Å²) in [4.78, 5) is 4.45. The largest absolute Gasteiger partial charge is 0.386 e. The molecule has 0 saturated heterocycles. The zero-order valence-electron chi connectivity index (χ0n) is 14.5. The summed E-state index contributed by atoms with van der Waals surface area (Å²) in [5.74, 6) is 0.864. The van der Waals surface area contributed by atoms with E-state index in [4.69, 9.17) is 5.73 Å². The van der Waals surface area contributed by atoms with Gasteiger partial charge in [0.05, 0.1) is 5.60 Å². The van der Waals surface area contributed by atoms with Crippen LogP contribution in [0.15, 0.2) is 42.6 Å². The second-order valence-electron chi connectivity index (χ2n) is 7.27. The van der Waals surface area contributed by atoms with Crippen molar-refractivity contribution in [3.63, 3.8) is 0 Å². The molecule has 1 heterocycles. The highest BCUT2D eigenvalue weighted by atomic mass is 16.3. The smallest absolute Gasteiger partial charge is 0.126 e. The summed E-state index contributed by atoms with van der Waals surface area (Å²) in [6, 6.07) is 12.6. The molecule has 0 amide bonds. The molecule has 0 radical (unpaired) electrons. The number of anilines is 1. The van der Waals surface area contributed by atoms with E-state index in [0.29, 0.717) is 6.04 Å². The Hall–Kier alpha value is -1.91. The maximum atomic E-state index is 10.2. The Bertz CT molecular complexity index is 693. The number of nitrogens with zero attached hydrogens (tertiary/aromatic N) is 1. The number of nitrogens with one attached hydrogen (secondary N) is 1. The topological polar surface area (TPSA) is 71.2 Å². The van der Waals surface area contributed by atoms with Crippen LogP contribution in [0.5, 0.6) is 0 Å². The molecule has 4 nitrogen and oxygen atoms in total. The lowest BCUT2D eigenvalue weighted by molar-refractivity contribution is 0.0786. The van der Waals surface area contributed by atoms with Gasteiger partial charge >= 0.3 is 0 Å². The van der Waals surface area contributed by atoms with E-state index in [0.717, 1.165) is 35.3 Å². The van der Waals surface area contributed by atoms with Crippen LogP contribution in [-0.4, -0.2) is 22.2 Å². The van der Waals surface area contributed by atoms with Gasteiger partial charge in [-0.05, 0) is 61.6 Å². The summed E-state index contributed by atoms with van der Waals surface area (Å²) in [5, 5.41) is 13.7. The van der Waals surface area contributed by atoms with Crippen LogP contribution in [0.25, 0.3) is 11.1 Å². The van der Waals surface area contributed by atoms with Gasteiger partial charge in [0.25, 0.3) is 0 Å². The molecule has 1 saturated carbocycles. The second kappa shape index (κ2) is 6.91. The molecule has 0 bridgehead atoms. The van der Waals surface area contributed by atoms with Crippen molar-refractivity contribution in [3.8, 4) is 11.1 Å². The third kappa shape index (κ3) is 3.94. The summed E-state index contributed by atoms with van der Waals surface area (Å²) < 4.78 is 0. The number of hydrogen-bond donors (Lipinski definition) is 3. The predicted octanol–water partition coefficient (Wildman–Crippen LogP) is 3.66. The summed E-state index contributed by atoms with van der Waals surface area (Å²) >= 11 is 0. The zero-order valence-corrected chi connectivity index (χ0v) is 14.5. The van der Waals surface area contributed by atoms with Gasteiger partial charge in [-0.25, -0.2) is 4.98 Å². The van der Waals surface area contributed by atoms with Gasteiger partial charge < -0.3 is 16.2 Å². The van der Waals surface area contributed by atoms with Crippen molar-refractivity contribution < 1.29 is 5.11 Å². The average Bonchev–Trinajstić information content (AvgIpc) is 2.57. The van der Waals surface area contributed by atoms with Gasteiger partial charge in [0, 0.05) is 18.3 Å². The van der Waals surface area contributed by atoms with Crippen LogP contribution in [-0.2, 0) is 5.60 Å². The molecule has 1 aromatic heterocycles. The molecule has 0 spiro atoms. The minimum Gasteiger partial charge on any atom is -0.386 e. The van der Waals surface area contributed by atoms with Crippen molar-refractivity contribution in [1.82, 2.24) is 4.98 Å². The molecule has 1 aliphatic rings. The van der Waals surface area contributed by atoms with Crippen molar-refractivity contribution in [1.29, 1.82) is 0 Å². The molecule has 1 aromatic carbocycles. The van der Waals surface area contributed by atoms with Gasteiger partial charge in [0.15, 0.2) is 0 Å². The van der Waals surface area contributed by atoms with Crippen molar-refractivity contribution in [2.75, 3.05) is 5.32 Å². The summed E-state index contributed by atoms with van der Waals surface area (Å²) in [6.45, 7) is 3.60. The van der Waals surface area contributed by atoms with E-state index in [9.17, 15) is 5.11 Å². The van der Waals surface area contributed by atoms with Crippen LogP contribution in [0, 0.1) is 0 Å². The van der Waals surface area contributed by atoms with Crippen LogP contribution < -0.4 is 11.1 Å². The standard InChI is InChI=1S/C20H27N3O/c1-20(2,24)16-7-5-6-14(12-16)15-10-11-22-19(13-15)23-18-9-4-3-8-17(18)21/h5-7,10-13,17-18,24H,3-4,8-9,21H2,1-2H3,(H,22,23)/t17-,18-/m1/s1. The van der Waals surface area contributed by atoms with Crippen molar-refractivity contribution in [3.05, 3.63) is 48.2 Å². The van der Waals surface area contributed by atoms with Gasteiger partial charge in [-0.2, -0.15) is 0 Å². The van der Waals surface area contributed by atoms with Gasteiger partial charge in [-0.3, -0.25) is 0 Å². The normalized spacial score (nSPS) is 21.5. The molecule has 2 aromatic rings. The highest BCUT2D eigenvalue weighted by Crippen LogP contribution is 2.28. The average molecular weight is 325 g/mol. The highest BCUT2D eigenvalue weighted by molar-refractivity contribution is 5.67. The molecule has 2 atom stereocenters. The molecular weight excluding hydrogens is 298 g/mol. The van der Waals surface area contributed by atoms with Crippen molar-refractivity contribution >= 4 is 5.82 Å². The van der Waals surface area contributed by atoms with E-state index in [-0.39, 0.29) is 6.04 Å². The summed E-state index contributed by atoms with van der Waals surface area (Å²) in [6.07, 6.45) is 6.43. The van der Waals surface area contributed by atoms with Crippen LogP contribution in [0.3, 0.4) is 0 Å². The first-order valence-corrected chi connectivity index (χ1v) is 8.75. The fourth-order valence-corrected chi connectivity index (χ4v) is 3.30. The van der Waals surface area contributed by atoms with Gasteiger partial charge in [-0.15, -0.1) is 0 Å². The zero-order chi connectivity index (χ0) is 17.2. The van der Waals surface area contributed by atoms with E-state index in [1.165, 1.54) is 12.8 Å². The van der Waals surface area contributed by atoms with Crippen molar-refractivity contribution in [2.24, 2.45) is 5.73 Å². The number of pyridine rings is 1. The fourth-order valence-electron chi connectivity index (χ4n) is 3.30. The quantitative estimate of drug-likeness (QED) is 0.802. The van der Waals surface area contributed by atoms with Crippen LogP contribution in [0.1, 0.15) is 45.1 Å². The Morgan fingerprint density at radius 3 is 2.62 bits per heavy atom. The first-order chi connectivity index (χ1) is 11.4. The maximum absolute atomic E-state index is 10.2. The molecule has 1 fully saturated rings. The SMILES string of the molecule is CC(C)(O)c1cccc(-c2ccnc(N[C@@H]3CCCC[C@H]3N)c2)c1. The Morgan fingerprint density at radius 2 is 1.88 bits per heavy atom. The number of nitrogens with two attached hydrogens (primary N) is 1. The first kappa shape index (κ1) is 16.9. The van der Waals surface area contributed by atoms with Gasteiger partial charge in [0.1, 0.15) is 5.82 Å². The highest BCUT2D eigenvalue weighted by Gasteiger charge is 2.22. The third-order valence-corrected chi connectivity index (χ3v) is 4.81. The van der Waals surface area contributed by atoms with Crippen LogP contribution >= 0.6 is 0 Å². The lowest BCUT2D eigenvalue weighted by atomic mass is 9.91. The van der Waals surface area contributed by atoms with E-state index in [1.807, 2.05) is 30.5 Å². The number of aromatic nitrogens is 1. The Labute approximate surface area is 144 Å². The molecule has 0 unspecified atom stereocenters. The van der Waals surface area contributed by atoms with Gasteiger partial charge in [0.2, 0.25) is 0 Å². The second-order valence-corrected chi connectivity index (χ2v) is 7.27.